The molecule has 0 saturated heterocycles. The molecule has 0 atom stereocenters. The highest BCUT2D eigenvalue weighted by molar-refractivity contribution is 6.24. The Morgan fingerprint density at radius 1 is 0.357 bits per heavy atom. The van der Waals surface area contributed by atoms with E-state index in [-0.39, 0.29) is 0 Å². The lowest BCUT2D eigenvalue weighted by molar-refractivity contribution is 0.357. The molecule has 0 aliphatic heterocycles. The molecule has 0 unspecified atom stereocenters. The topological polar surface area (TPSA) is 6.48 Å². The summed E-state index contributed by atoms with van der Waals surface area (Å²) in [5, 5.41) is 9.82. The molecule has 11 aromatic carbocycles. The van der Waals surface area contributed by atoms with Crippen LogP contribution in [0.25, 0.3) is 65.3 Å². The van der Waals surface area contributed by atoms with Gasteiger partial charge in [0, 0.05) is 44.3 Å². The van der Waals surface area contributed by atoms with Gasteiger partial charge in [-0.3, -0.25) is 0 Å². The average molecular weight is 903 g/mol. The highest BCUT2D eigenvalue weighted by Crippen LogP contribution is 2.53. The van der Waals surface area contributed by atoms with Crippen molar-refractivity contribution in [3.63, 3.8) is 0 Å². The van der Waals surface area contributed by atoms with Crippen molar-refractivity contribution in [1.82, 2.24) is 0 Å². The van der Waals surface area contributed by atoms with Gasteiger partial charge in [-0.1, -0.05) is 216 Å². The van der Waals surface area contributed by atoms with Crippen LogP contribution in [-0.2, 0) is 6.42 Å². The van der Waals surface area contributed by atoms with Crippen LogP contribution in [0.1, 0.15) is 63.0 Å². The molecule has 1 saturated carbocycles. The zero-order chi connectivity index (χ0) is 47.0. The van der Waals surface area contributed by atoms with Crippen LogP contribution in [0.5, 0.6) is 0 Å². The van der Waals surface area contributed by atoms with Crippen molar-refractivity contribution in [3.8, 4) is 22.3 Å². The van der Waals surface area contributed by atoms with E-state index in [1.165, 1.54) is 120 Å². The van der Waals surface area contributed by atoms with E-state index in [0.717, 1.165) is 29.2 Å². The van der Waals surface area contributed by atoms with Crippen molar-refractivity contribution < 1.29 is 0 Å². The highest BCUT2D eigenvalue weighted by Gasteiger charge is 2.27. The molecule has 70 heavy (non-hydrogen) atoms. The van der Waals surface area contributed by atoms with Crippen LogP contribution in [-0.4, -0.2) is 0 Å². The lowest BCUT2D eigenvalue weighted by atomic mass is 9.84. The van der Waals surface area contributed by atoms with Gasteiger partial charge < -0.3 is 9.80 Å². The monoisotopic (exact) mass is 902 g/mol. The van der Waals surface area contributed by atoms with Crippen molar-refractivity contribution in [2.75, 3.05) is 9.80 Å². The molecule has 0 aromatic heterocycles. The maximum Gasteiger partial charge on any atom is 0.0620 e. The molecule has 0 spiro atoms. The molecule has 11 aromatic rings. The van der Waals surface area contributed by atoms with Gasteiger partial charge in [-0.2, -0.15) is 0 Å². The lowest BCUT2D eigenvalue weighted by Gasteiger charge is -2.34. The van der Waals surface area contributed by atoms with E-state index in [9.17, 15) is 0 Å². The maximum absolute atomic E-state index is 2.57. The molecule has 1 aliphatic carbocycles. The van der Waals surface area contributed by atoms with Gasteiger partial charge in [-0.15, -0.1) is 0 Å². The average Bonchev–Trinajstić information content (AvgIpc) is 3.42. The summed E-state index contributed by atoms with van der Waals surface area (Å²) in [7, 11) is 0. The summed E-state index contributed by atoms with van der Waals surface area (Å²) in [6, 6.07) is 86.2. The summed E-state index contributed by atoms with van der Waals surface area (Å²) in [5.41, 5.74) is 14.5. The number of hydrogen-bond acceptors (Lipinski definition) is 2. The second-order valence-corrected chi connectivity index (χ2v) is 19.8. The van der Waals surface area contributed by atoms with E-state index in [1.54, 1.807) is 0 Å². The number of fused-ring (bicyclic) bond motifs is 4. The Bertz CT molecular complexity index is 3620. The van der Waals surface area contributed by atoms with Crippen LogP contribution < -0.4 is 9.80 Å². The Balaban J connectivity index is 1.17. The molecular weight excluding hydrogens is 845 g/mol. The predicted molar refractivity (Wildman–Crippen MR) is 301 cm³/mol. The van der Waals surface area contributed by atoms with Crippen LogP contribution >= 0.6 is 0 Å². The molecule has 340 valence electrons. The first-order valence-corrected chi connectivity index (χ1v) is 25.4. The van der Waals surface area contributed by atoms with E-state index < -0.39 is 0 Å². The minimum atomic E-state index is 0.329. The fourth-order valence-corrected chi connectivity index (χ4v) is 11.3. The molecule has 1 fully saturated rings. The Morgan fingerprint density at radius 2 is 0.786 bits per heavy atom. The van der Waals surface area contributed by atoms with Gasteiger partial charge in [-0.05, 0) is 134 Å². The van der Waals surface area contributed by atoms with Gasteiger partial charge in [0.25, 0.3) is 0 Å². The third-order valence-corrected chi connectivity index (χ3v) is 15.0. The first kappa shape index (κ1) is 43.3. The Kier molecular flexibility index (Phi) is 11.7. The zero-order valence-corrected chi connectivity index (χ0v) is 40.2. The van der Waals surface area contributed by atoms with Crippen molar-refractivity contribution in [2.45, 2.75) is 58.3 Å². The SMILES string of the molecule is CC(C)c1ccc2c(N(c3ccc(-c4ccccc4)cc3)c3ccc4ccccc4c3)c3cc(CC4CCCCC4)ccc3c(N(c3ccc(-c4ccccc4)cc3)c3ccc4ccccc4c3)c2c1. The number of benzene rings is 11. The predicted octanol–water partition coefficient (Wildman–Crippen LogP) is 19.8. The van der Waals surface area contributed by atoms with Crippen LogP contribution in [0.3, 0.4) is 0 Å². The summed E-state index contributed by atoms with van der Waals surface area (Å²) < 4.78 is 0. The molecule has 0 heterocycles. The molecule has 0 bridgehead atoms. The van der Waals surface area contributed by atoms with Crippen LogP contribution in [0.4, 0.5) is 34.1 Å². The second-order valence-electron chi connectivity index (χ2n) is 19.8. The smallest absolute Gasteiger partial charge is 0.0620 e. The van der Waals surface area contributed by atoms with Gasteiger partial charge in [0.05, 0.1) is 11.4 Å². The van der Waals surface area contributed by atoms with E-state index in [4.69, 9.17) is 0 Å². The van der Waals surface area contributed by atoms with E-state index in [1.807, 2.05) is 0 Å². The molecule has 0 amide bonds. The van der Waals surface area contributed by atoms with Crippen LogP contribution in [0, 0.1) is 5.92 Å². The largest absolute Gasteiger partial charge is 0.309 e. The quantitative estimate of drug-likeness (QED) is 0.0943. The first-order chi connectivity index (χ1) is 34.5. The molecule has 2 nitrogen and oxygen atoms in total. The van der Waals surface area contributed by atoms with Crippen molar-refractivity contribution in [3.05, 3.63) is 242 Å². The van der Waals surface area contributed by atoms with Crippen molar-refractivity contribution in [2.24, 2.45) is 5.92 Å². The fraction of sp³-hybridized carbons (Fsp3) is 0.147. The summed E-state index contributed by atoms with van der Waals surface area (Å²) >= 11 is 0. The molecule has 0 N–H and O–H groups in total. The van der Waals surface area contributed by atoms with E-state index in [0.29, 0.717) is 11.8 Å². The third kappa shape index (κ3) is 8.39. The first-order valence-electron chi connectivity index (χ1n) is 25.4. The summed E-state index contributed by atoms with van der Waals surface area (Å²) in [6.45, 7) is 4.64. The second kappa shape index (κ2) is 18.9. The number of anilines is 6. The third-order valence-electron chi connectivity index (χ3n) is 15.0. The summed E-state index contributed by atoms with van der Waals surface area (Å²) in [5.74, 6) is 1.03. The molecule has 1 aliphatic rings. The molecule has 0 radical (unpaired) electrons. The van der Waals surface area contributed by atoms with Gasteiger partial charge in [0.2, 0.25) is 0 Å². The molecule has 12 rings (SSSR count). The lowest BCUT2D eigenvalue weighted by Crippen LogP contribution is -2.15. The Hall–Kier alpha value is -7.94. The van der Waals surface area contributed by atoms with Gasteiger partial charge in [0.1, 0.15) is 0 Å². The van der Waals surface area contributed by atoms with Gasteiger partial charge in [0.15, 0.2) is 0 Å². The highest BCUT2D eigenvalue weighted by atomic mass is 15.2. The van der Waals surface area contributed by atoms with Crippen molar-refractivity contribution in [1.29, 1.82) is 0 Å². The molecular formula is C68H58N2. The Morgan fingerprint density at radius 3 is 1.29 bits per heavy atom. The summed E-state index contributed by atoms with van der Waals surface area (Å²) in [4.78, 5) is 5.11. The minimum Gasteiger partial charge on any atom is -0.309 e. The fourth-order valence-electron chi connectivity index (χ4n) is 11.3. The maximum atomic E-state index is 2.57. The van der Waals surface area contributed by atoms with Gasteiger partial charge >= 0.3 is 0 Å². The standard InChI is InChI=1S/C68H58N2/c1-47(2)56-33-41-64-66(46-56)68(70(62-39-32-53-23-13-15-25-58(53)45-62)60-36-29-55(30-37-60)51-20-10-5-11-21-51)63-40-26-49(42-48-16-6-3-7-17-48)43-65(63)67(64)69(61-38-31-52-22-12-14-24-57(52)44-61)59-34-27-54(28-35-59)50-18-8-4-9-19-50/h4-5,8-15,18-41,43-48H,3,6-7,16-17,42H2,1-2H3. The normalized spacial score (nSPS) is 13.1. The van der Waals surface area contributed by atoms with E-state index >= 15 is 0 Å². The summed E-state index contributed by atoms with van der Waals surface area (Å²) in [6.07, 6.45) is 7.71. The number of hydrogen-bond donors (Lipinski definition) is 0. The number of nitrogens with zero attached hydrogens (tertiary/aromatic N) is 2. The van der Waals surface area contributed by atoms with Crippen LogP contribution in [0.15, 0.2) is 231 Å². The van der Waals surface area contributed by atoms with E-state index in [2.05, 4.69) is 254 Å². The minimum absolute atomic E-state index is 0.329. The Labute approximate surface area is 413 Å². The van der Waals surface area contributed by atoms with Crippen molar-refractivity contribution >= 4 is 77.2 Å². The number of rotatable bonds is 11. The van der Waals surface area contributed by atoms with Gasteiger partial charge in [-0.25, -0.2) is 0 Å². The van der Waals surface area contributed by atoms with Crippen LogP contribution in [0.2, 0.25) is 0 Å². The molecule has 2 heteroatoms. The zero-order valence-electron chi connectivity index (χ0n) is 40.2.